The second-order valence-electron chi connectivity index (χ2n) is 11.7. The fourth-order valence-corrected chi connectivity index (χ4v) is 6.52. The number of fused-ring (bicyclic) bond motifs is 1. The lowest BCUT2D eigenvalue weighted by molar-refractivity contribution is 0.128. The van der Waals surface area contributed by atoms with E-state index in [1.165, 1.54) is 56.9 Å². The van der Waals surface area contributed by atoms with E-state index in [1.54, 1.807) is 11.1 Å². The van der Waals surface area contributed by atoms with E-state index in [0.717, 1.165) is 11.8 Å². The number of hydrogen-bond acceptors (Lipinski definition) is 0. The van der Waals surface area contributed by atoms with Gasteiger partial charge in [0.1, 0.15) is 0 Å². The summed E-state index contributed by atoms with van der Waals surface area (Å²) in [6.45, 7) is 17.1. The third-order valence-corrected chi connectivity index (χ3v) is 7.32. The molecule has 0 nitrogen and oxygen atoms in total. The zero-order chi connectivity index (χ0) is 19.2. The van der Waals surface area contributed by atoms with Gasteiger partial charge in [-0.3, -0.25) is 0 Å². The molecular formula is C26H42. The lowest BCUT2D eigenvalue weighted by Gasteiger charge is -2.45. The Bertz CT molecular complexity index is 616. The van der Waals surface area contributed by atoms with Gasteiger partial charge in [0.25, 0.3) is 0 Å². The number of rotatable bonds is 2. The SMILES string of the molecule is Cc1ccc2c(c1)C(CC(C)(C)C)(C1CCCC(C)CCC1)CC2(C)C. The molecule has 0 saturated heterocycles. The highest BCUT2D eigenvalue weighted by molar-refractivity contribution is 5.48. The predicted molar refractivity (Wildman–Crippen MR) is 115 cm³/mol. The van der Waals surface area contributed by atoms with Crippen molar-refractivity contribution in [3.05, 3.63) is 34.9 Å². The summed E-state index contributed by atoms with van der Waals surface area (Å²) >= 11 is 0. The van der Waals surface area contributed by atoms with Gasteiger partial charge in [0.15, 0.2) is 0 Å². The highest BCUT2D eigenvalue weighted by atomic mass is 14.6. The van der Waals surface area contributed by atoms with E-state index in [2.05, 4.69) is 66.7 Å². The van der Waals surface area contributed by atoms with E-state index in [4.69, 9.17) is 0 Å². The lowest BCUT2D eigenvalue weighted by Crippen LogP contribution is -2.39. The number of aryl methyl sites for hydroxylation is 1. The summed E-state index contributed by atoms with van der Waals surface area (Å²) in [5.74, 6) is 1.79. The minimum Gasteiger partial charge on any atom is -0.0625 e. The fraction of sp³-hybridized carbons (Fsp3) is 0.769. The molecule has 0 N–H and O–H groups in total. The van der Waals surface area contributed by atoms with E-state index < -0.39 is 0 Å². The van der Waals surface area contributed by atoms with Crippen LogP contribution in [0.15, 0.2) is 18.2 Å². The molecule has 26 heavy (non-hydrogen) atoms. The quantitative estimate of drug-likeness (QED) is 0.505. The van der Waals surface area contributed by atoms with Crippen molar-refractivity contribution in [1.29, 1.82) is 0 Å². The molecular weight excluding hydrogens is 312 g/mol. The molecule has 0 radical (unpaired) electrons. The molecule has 1 saturated carbocycles. The van der Waals surface area contributed by atoms with Crippen LogP contribution in [-0.4, -0.2) is 0 Å². The van der Waals surface area contributed by atoms with Crippen LogP contribution >= 0.6 is 0 Å². The Morgan fingerprint density at radius 2 is 1.58 bits per heavy atom. The molecule has 1 fully saturated rings. The van der Waals surface area contributed by atoms with Gasteiger partial charge in [0.05, 0.1) is 0 Å². The van der Waals surface area contributed by atoms with Crippen LogP contribution in [0.5, 0.6) is 0 Å². The molecule has 0 heterocycles. The highest BCUT2D eigenvalue weighted by Gasteiger charge is 2.52. The van der Waals surface area contributed by atoms with E-state index in [-0.39, 0.29) is 0 Å². The van der Waals surface area contributed by atoms with Crippen molar-refractivity contribution in [2.75, 3.05) is 0 Å². The molecule has 0 aromatic heterocycles. The third kappa shape index (κ3) is 3.90. The van der Waals surface area contributed by atoms with Gasteiger partial charge in [-0.15, -0.1) is 0 Å². The molecule has 2 aliphatic rings. The molecule has 3 rings (SSSR count). The Labute approximate surface area is 163 Å². The van der Waals surface area contributed by atoms with Gasteiger partial charge in [-0.1, -0.05) is 91.0 Å². The van der Waals surface area contributed by atoms with Gasteiger partial charge in [-0.05, 0) is 71.8 Å². The molecule has 0 amide bonds. The van der Waals surface area contributed by atoms with E-state index in [1.807, 2.05) is 0 Å². The van der Waals surface area contributed by atoms with Crippen LogP contribution in [0.1, 0.15) is 110 Å². The lowest BCUT2D eigenvalue weighted by atomic mass is 9.59. The summed E-state index contributed by atoms with van der Waals surface area (Å²) in [7, 11) is 0. The average molecular weight is 355 g/mol. The first-order chi connectivity index (χ1) is 12.0. The van der Waals surface area contributed by atoms with Crippen molar-refractivity contribution in [2.24, 2.45) is 17.3 Å². The maximum absolute atomic E-state index is 2.57. The first kappa shape index (κ1) is 20.0. The van der Waals surface area contributed by atoms with Crippen molar-refractivity contribution in [2.45, 2.75) is 111 Å². The normalized spacial score (nSPS) is 32.0. The number of hydrogen-bond donors (Lipinski definition) is 0. The van der Waals surface area contributed by atoms with Crippen LogP contribution in [0.2, 0.25) is 0 Å². The molecule has 2 aliphatic carbocycles. The van der Waals surface area contributed by atoms with E-state index in [9.17, 15) is 0 Å². The summed E-state index contributed by atoms with van der Waals surface area (Å²) in [6, 6.07) is 7.37. The molecule has 1 aromatic carbocycles. The standard InChI is InChI=1S/C26H42/c1-19-10-8-12-21(13-9-11-19)26(17-24(3,4)5)18-25(6,7)22-15-14-20(2)16-23(22)26/h14-16,19,21H,8-13,17-18H2,1-7H3. The Morgan fingerprint density at radius 3 is 2.15 bits per heavy atom. The number of benzene rings is 1. The maximum atomic E-state index is 2.57. The van der Waals surface area contributed by atoms with Crippen LogP contribution in [0.3, 0.4) is 0 Å². The van der Waals surface area contributed by atoms with Crippen LogP contribution in [0, 0.1) is 24.2 Å². The zero-order valence-corrected chi connectivity index (χ0v) is 18.5. The molecule has 0 spiro atoms. The minimum absolute atomic E-state index is 0.309. The Kier molecular flexibility index (Phi) is 5.37. The van der Waals surface area contributed by atoms with Crippen molar-refractivity contribution >= 4 is 0 Å². The Morgan fingerprint density at radius 1 is 0.962 bits per heavy atom. The largest absolute Gasteiger partial charge is 0.0625 e. The van der Waals surface area contributed by atoms with Crippen LogP contribution in [0.25, 0.3) is 0 Å². The van der Waals surface area contributed by atoms with Crippen molar-refractivity contribution < 1.29 is 0 Å². The van der Waals surface area contributed by atoms with Crippen LogP contribution < -0.4 is 0 Å². The monoisotopic (exact) mass is 354 g/mol. The highest BCUT2D eigenvalue weighted by Crippen LogP contribution is 2.59. The van der Waals surface area contributed by atoms with Gasteiger partial charge in [0, 0.05) is 0 Å². The first-order valence-electron chi connectivity index (χ1n) is 11.2. The molecule has 1 aromatic rings. The average Bonchev–Trinajstić information content (AvgIpc) is 2.68. The second-order valence-corrected chi connectivity index (χ2v) is 11.7. The molecule has 0 aliphatic heterocycles. The summed E-state index contributed by atoms with van der Waals surface area (Å²) in [4.78, 5) is 0. The summed E-state index contributed by atoms with van der Waals surface area (Å²) < 4.78 is 0. The summed E-state index contributed by atoms with van der Waals surface area (Å²) in [6.07, 6.45) is 11.3. The topological polar surface area (TPSA) is 0 Å². The maximum Gasteiger partial charge on any atom is -0.000250 e. The van der Waals surface area contributed by atoms with Gasteiger partial charge in [0.2, 0.25) is 0 Å². The van der Waals surface area contributed by atoms with Gasteiger partial charge in [-0.2, -0.15) is 0 Å². The van der Waals surface area contributed by atoms with E-state index >= 15 is 0 Å². The summed E-state index contributed by atoms with van der Waals surface area (Å²) in [5, 5.41) is 0. The smallest absolute Gasteiger partial charge is 0.000250 e. The van der Waals surface area contributed by atoms with Gasteiger partial charge >= 0.3 is 0 Å². The molecule has 1 unspecified atom stereocenters. The molecule has 1 atom stereocenters. The Balaban J connectivity index is 2.08. The predicted octanol–water partition coefficient (Wildman–Crippen LogP) is 7.96. The second kappa shape index (κ2) is 6.99. The third-order valence-electron chi connectivity index (χ3n) is 7.32. The molecule has 0 heteroatoms. The zero-order valence-electron chi connectivity index (χ0n) is 18.5. The van der Waals surface area contributed by atoms with Crippen LogP contribution in [-0.2, 0) is 10.8 Å². The van der Waals surface area contributed by atoms with Crippen LogP contribution in [0.4, 0.5) is 0 Å². The first-order valence-corrected chi connectivity index (χ1v) is 11.2. The Hall–Kier alpha value is -0.780. The van der Waals surface area contributed by atoms with Gasteiger partial charge < -0.3 is 0 Å². The van der Waals surface area contributed by atoms with E-state index in [0.29, 0.717) is 16.2 Å². The molecule has 146 valence electrons. The fourth-order valence-electron chi connectivity index (χ4n) is 6.52. The van der Waals surface area contributed by atoms with Crippen molar-refractivity contribution in [3.8, 4) is 0 Å². The minimum atomic E-state index is 0.309. The summed E-state index contributed by atoms with van der Waals surface area (Å²) in [5.41, 5.74) is 5.86. The molecule has 0 bridgehead atoms. The van der Waals surface area contributed by atoms with Gasteiger partial charge in [-0.25, -0.2) is 0 Å². The van der Waals surface area contributed by atoms with Crippen molar-refractivity contribution in [3.63, 3.8) is 0 Å². The van der Waals surface area contributed by atoms with Crippen molar-refractivity contribution in [1.82, 2.24) is 0 Å².